The summed E-state index contributed by atoms with van der Waals surface area (Å²) < 4.78 is 5.98. The van der Waals surface area contributed by atoms with E-state index in [0.717, 1.165) is 0 Å². The minimum Gasteiger partial charge on any atom is -0.454 e. The third kappa shape index (κ3) is 4.31. The van der Waals surface area contributed by atoms with Gasteiger partial charge in [0.1, 0.15) is 5.82 Å². The molecule has 1 aromatic heterocycles. The molecule has 1 rings (SSSR count). The molecule has 1 heterocycles. The third-order valence-electron chi connectivity index (χ3n) is 1.90. The summed E-state index contributed by atoms with van der Waals surface area (Å²) in [5.41, 5.74) is 4.15. The number of unbranched alkanes of at least 4 members (excludes halogenated alkanes) is 1. The molecule has 0 unspecified atom stereocenters. The maximum Gasteiger partial charge on any atom is 0.403 e. The molecule has 0 aliphatic heterocycles. The van der Waals surface area contributed by atoms with Gasteiger partial charge in [-0.1, -0.05) is 0 Å². The Kier molecular flexibility index (Phi) is 4.78. The van der Waals surface area contributed by atoms with Gasteiger partial charge in [-0.2, -0.15) is 4.98 Å². The van der Waals surface area contributed by atoms with Crippen LogP contribution < -0.4 is 11.4 Å². The minimum atomic E-state index is -0.814. The van der Waals surface area contributed by atoms with Gasteiger partial charge in [0, 0.05) is 24.3 Å². The Balaban J connectivity index is 2.32. The average Bonchev–Trinajstić information content (AvgIpc) is 2.20. The quantitative estimate of drug-likeness (QED) is 0.617. The molecule has 16 heavy (non-hydrogen) atoms. The van der Waals surface area contributed by atoms with Gasteiger partial charge in [-0.15, -0.1) is 0 Å². The second-order valence-electron chi connectivity index (χ2n) is 3.12. The van der Waals surface area contributed by atoms with Crippen LogP contribution in [0.25, 0.3) is 0 Å². The van der Waals surface area contributed by atoms with E-state index in [-0.39, 0.29) is 18.1 Å². The molecule has 0 aliphatic carbocycles. The molecule has 1 aromatic rings. The first-order valence-electron chi connectivity index (χ1n) is 4.75. The lowest BCUT2D eigenvalue weighted by atomic mass is 10.3. The molecule has 0 amide bonds. The molecular formula is C9H12ClN3O3. The normalized spacial score (nSPS) is 10.1. The number of nitrogens with zero attached hydrogens (tertiary/aromatic N) is 2. The van der Waals surface area contributed by atoms with E-state index >= 15 is 0 Å². The van der Waals surface area contributed by atoms with Crippen LogP contribution in [0.15, 0.2) is 17.1 Å². The van der Waals surface area contributed by atoms with E-state index in [9.17, 15) is 9.59 Å². The first-order chi connectivity index (χ1) is 7.59. The van der Waals surface area contributed by atoms with E-state index in [1.54, 1.807) is 12.3 Å². The zero-order valence-corrected chi connectivity index (χ0v) is 9.31. The van der Waals surface area contributed by atoms with Crippen molar-refractivity contribution < 1.29 is 9.53 Å². The largest absolute Gasteiger partial charge is 0.454 e. The third-order valence-corrected chi connectivity index (χ3v) is 2.01. The second kappa shape index (κ2) is 6.12. The Morgan fingerprint density at radius 2 is 2.31 bits per heavy atom. The lowest BCUT2D eigenvalue weighted by molar-refractivity contribution is 0.170. The van der Waals surface area contributed by atoms with Gasteiger partial charge in [-0.05, 0) is 18.9 Å². The molecule has 0 saturated heterocycles. The van der Waals surface area contributed by atoms with Crippen molar-refractivity contribution in [2.75, 3.05) is 12.3 Å². The number of carbonyl (C=O) groups excluding carboxylic acids is 1. The van der Waals surface area contributed by atoms with Crippen molar-refractivity contribution in [1.29, 1.82) is 0 Å². The number of nitrogen functional groups attached to an aromatic ring is 1. The summed E-state index contributed by atoms with van der Waals surface area (Å²) in [6, 6.07) is 1.56. The van der Waals surface area contributed by atoms with Crippen LogP contribution in [0.2, 0.25) is 0 Å². The lowest BCUT2D eigenvalue weighted by Crippen LogP contribution is -2.23. The summed E-state index contributed by atoms with van der Waals surface area (Å²) in [5.74, 6) is 0.206. The fourth-order valence-electron chi connectivity index (χ4n) is 1.15. The summed E-state index contributed by atoms with van der Waals surface area (Å²) in [4.78, 5) is 25.1. The van der Waals surface area contributed by atoms with Crippen molar-refractivity contribution in [3.63, 3.8) is 0 Å². The molecule has 0 fully saturated rings. The molecular weight excluding hydrogens is 234 g/mol. The summed E-state index contributed by atoms with van der Waals surface area (Å²) >= 11 is 4.98. The predicted molar refractivity (Wildman–Crippen MR) is 59.3 cm³/mol. The van der Waals surface area contributed by atoms with E-state index in [1.165, 1.54) is 4.57 Å². The van der Waals surface area contributed by atoms with Gasteiger partial charge in [0.05, 0.1) is 6.61 Å². The molecule has 0 radical (unpaired) electrons. The second-order valence-corrected chi connectivity index (χ2v) is 3.43. The number of nitrogens with two attached hydrogens (primary N) is 1. The van der Waals surface area contributed by atoms with Crippen LogP contribution in [-0.2, 0) is 11.3 Å². The molecule has 6 nitrogen and oxygen atoms in total. The number of aryl methyl sites for hydroxylation is 1. The number of carbonyl (C=O) groups is 1. The van der Waals surface area contributed by atoms with Gasteiger partial charge in [0.25, 0.3) is 0 Å². The molecule has 88 valence electrons. The molecule has 0 spiro atoms. The van der Waals surface area contributed by atoms with Gasteiger partial charge in [-0.25, -0.2) is 9.59 Å². The first kappa shape index (κ1) is 12.5. The number of rotatable bonds is 5. The van der Waals surface area contributed by atoms with Crippen molar-refractivity contribution in [2.24, 2.45) is 0 Å². The Bertz CT molecular complexity index is 419. The highest BCUT2D eigenvalue weighted by atomic mass is 35.5. The van der Waals surface area contributed by atoms with Gasteiger partial charge < -0.3 is 10.5 Å². The van der Waals surface area contributed by atoms with Crippen LogP contribution in [-0.4, -0.2) is 21.6 Å². The Morgan fingerprint density at radius 1 is 1.56 bits per heavy atom. The standard InChI is InChI=1S/C9H12ClN3O3/c10-8(14)16-6-2-1-4-13-5-3-7(11)12-9(13)15/h3,5H,1-2,4,6H2,(H2,11,12,15). The highest BCUT2D eigenvalue weighted by Gasteiger charge is 1.99. The molecule has 0 aliphatic rings. The number of anilines is 1. The number of hydrogen-bond acceptors (Lipinski definition) is 5. The van der Waals surface area contributed by atoms with Crippen molar-refractivity contribution in [2.45, 2.75) is 19.4 Å². The van der Waals surface area contributed by atoms with Crippen molar-refractivity contribution in [3.05, 3.63) is 22.7 Å². The van der Waals surface area contributed by atoms with Crippen molar-refractivity contribution >= 4 is 22.8 Å². The van der Waals surface area contributed by atoms with Crippen LogP contribution in [0.1, 0.15) is 12.8 Å². The van der Waals surface area contributed by atoms with E-state index in [2.05, 4.69) is 9.72 Å². The molecule has 7 heteroatoms. The van der Waals surface area contributed by atoms with E-state index < -0.39 is 5.43 Å². The molecule has 0 aromatic carbocycles. The number of hydrogen-bond donors (Lipinski definition) is 1. The summed E-state index contributed by atoms with van der Waals surface area (Å²) in [6.07, 6.45) is 2.91. The first-order valence-corrected chi connectivity index (χ1v) is 5.12. The van der Waals surface area contributed by atoms with Gasteiger partial charge in [0.2, 0.25) is 0 Å². The fourth-order valence-corrected chi connectivity index (χ4v) is 1.23. The van der Waals surface area contributed by atoms with Gasteiger partial charge >= 0.3 is 11.1 Å². The lowest BCUT2D eigenvalue weighted by Gasteiger charge is -2.04. The van der Waals surface area contributed by atoms with Gasteiger partial charge in [-0.3, -0.25) is 4.57 Å². The SMILES string of the molecule is Nc1ccn(CCCCOC(=O)Cl)c(=O)n1. The highest BCUT2D eigenvalue weighted by Crippen LogP contribution is 1.97. The average molecular weight is 246 g/mol. The highest BCUT2D eigenvalue weighted by molar-refractivity contribution is 6.61. The van der Waals surface area contributed by atoms with E-state index in [4.69, 9.17) is 17.3 Å². The van der Waals surface area contributed by atoms with Crippen LogP contribution in [0.4, 0.5) is 10.6 Å². The smallest absolute Gasteiger partial charge is 0.403 e. The van der Waals surface area contributed by atoms with Crippen molar-refractivity contribution in [1.82, 2.24) is 9.55 Å². The Hall–Kier alpha value is -1.56. The predicted octanol–water partition coefficient (Wildman–Crippen LogP) is 0.981. The summed E-state index contributed by atoms with van der Waals surface area (Å²) in [6.45, 7) is 0.755. The van der Waals surface area contributed by atoms with Crippen LogP contribution >= 0.6 is 11.6 Å². The molecule has 0 atom stereocenters. The number of halogens is 1. The molecule has 2 N–H and O–H groups in total. The zero-order valence-electron chi connectivity index (χ0n) is 8.56. The monoisotopic (exact) mass is 245 g/mol. The molecule has 0 bridgehead atoms. The zero-order chi connectivity index (χ0) is 12.0. The van der Waals surface area contributed by atoms with E-state index in [0.29, 0.717) is 19.4 Å². The summed E-state index contributed by atoms with van der Waals surface area (Å²) in [7, 11) is 0. The Labute approximate surface area is 97.0 Å². The number of ether oxygens (including phenoxy) is 1. The van der Waals surface area contributed by atoms with Crippen LogP contribution in [0.3, 0.4) is 0 Å². The Morgan fingerprint density at radius 3 is 2.94 bits per heavy atom. The fraction of sp³-hybridized carbons (Fsp3) is 0.444. The minimum absolute atomic E-state index is 0.206. The van der Waals surface area contributed by atoms with Crippen LogP contribution in [0.5, 0.6) is 0 Å². The van der Waals surface area contributed by atoms with Gasteiger partial charge in [0.15, 0.2) is 0 Å². The summed E-state index contributed by atoms with van der Waals surface area (Å²) in [5, 5.41) is 0. The van der Waals surface area contributed by atoms with Crippen LogP contribution in [0, 0.1) is 0 Å². The topological polar surface area (TPSA) is 87.2 Å². The maximum absolute atomic E-state index is 11.3. The van der Waals surface area contributed by atoms with E-state index in [1.807, 2.05) is 0 Å². The van der Waals surface area contributed by atoms with Crippen molar-refractivity contribution in [3.8, 4) is 0 Å². The number of aromatic nitrogens is 2. The molecule has 0 saturated carbocycles. The maximum atomic E-state index is 11.3.